The molecule has 2 atom stereocenters. The number of fused-ring (bicyclic) bond motifs is 1. The molecule has 1 N–H and O–H groups in total. The van der Waals surface area contributed by atoms with E-state index in [-0.39, 0.29) is 24.3 Å². The minimum Gasteiger partial charge on any atom is -0.335 e. The van der Waals surface area contributed by atoms with Crippen molar-refractivity contribution in [2.75, 3.05) is 11.9 Å². The van der Waals surface area contributed by atoms with Gasteiger partial charge in [-0.3, -0.25) is 14.6 Å². The molecule has 0 saturated carbocycles. The van der Waals surface area contributed by atoms with E-state index in [0.29, 0.717) is 0 Å². The lowest BCUT2D eigenvalue weighted by atomic mass is 9.89. The normalized spacial score (nSPS) is 22.8. The smallest absolute Gasteiger partial charge is 0.231 e. The Morgan fingerprint density at radius 2 is 1.96 bits per heavy atom. The summed E-state index contributed by atoms with van der Waals surface area (Å²) in [4.78, 5) is 31.2. The molecule has 2 amide bonds. The van der Waals surface area contributed by atoms with E-state index >= 15 is 0 Å². The molecule has 1 aromatic carbocycles. The first-order chi connectivity index (χ1) is 11.7. The lowest BCUT2D eigenvalue weighted by molar-refractivity contribution is -0.135. The standard InChI is InChI=1S/C19H19N3O2/c23-18-12-15(14-4-1-2-5-16(14)21-18)19(24)22-11-3-6-17(22)13-7-9-20-10-8-13/h1-2,4-5,7-10,15,17H,3,6,11-12H2,(H,21,23). The highest BCUT2D eigenvalue weighted by atomic mass is 16.2. The van der Waals surface area contributed by atoms with Crippen molar-refractivity contribution in [2.45, 2.75) is 31.2 Å². The van der Waals surface area contributed by atoms with E-state index in [1.165, 1.54) is 0 Å². The number of aromatic nitrogens is 1. The van der Waals surface area contributed by atoms with Crippen LogP contribution in [0, 0.1) is 0 Å². The number of anilines is 1. The molecule has 5 nitrogen and oxygen atoms in total. The van der Waals surface area contributed by atoms with Crippen molar-refractivity contribution in [1.82, 2.24) is 9.88 Å². The molecule has 2 unspecified atom stereocenters. The van der Waals surface area contributed by atoms with Gasteiger partial charge in [-0.1, -0.05) is 18.2 Å². The van der Waals surface area contributed by atoms with Crippen molar-refractivity contribution in [3.05, 3.63) is 59.9 Å². The second-order valence-electron chi connectivity index (χ2n) is 6.36. The van der Waals surface area contributed by atoms with Crippen molar-refractivity contribution in [2.24, 2.45) is 0 Å². The number of carbonyl (C=O) groups excluding carboxylic acids is 2. The number of rotatable bonds is 2. The number of hydrogen-bond acceptors (Lipinski definition) is 3. The number of benzene rings is 1. The summed E-state index contributed by atoms with van der Waals surface area (Å²) in [6.07, 6.45) is 5.68. The first-order valence-electron chi connectivity index (χ1n) is 8.33. The molecule has 0 radical (unpaired) electrons. The molecule has 122 valence electrons. The SMILES string of the molecule is O=C1CC(C(=O)N2CCCC2c2ccncc2)c2ccccc2N1. The van der Waals surface area contributed by atoms with E-state index in [4.69, 9.17) is 0 Å². The molecule has 4 rings (SSSR count). The maximum absolute atomic E-state index is 13.2. The summed E-state index contributed by atoms with van der Waals surface area (Å²) in [5.41, 5.74) is 2.79. The summed E-state index contributed by atoms with van der Waals surface area (Å²) >= 11 is 0. The van der Waals surface area contributed by atoms with Crippen LogP contribution in [0.1, 0.15) is 42.3 Å². The molecule has 0 aliphatic carbocycles. The van der Waals surface area contributed by atoms with Crippen LogP contribution in [0.2, 0.25) is 0 Å². The third-order valence-electron chi connectivity index (χ3n) is 4.92. The highest BCUT2D eigenvalue weighted by Crippen LogP contribution is 2.38. The first kappa shape index (κ1) is 14.9. The fraction of sp³-hybridized carbons (Fsp3) is 0.316. The lowest BCUT2D eigenvalue weighted by Crippen LogP contribution is -2.38. The number of nitrogens with zero attached hydrogens (tertiary/aromatic N) is 2. The van der Waals surface area contributed by atoms with Crippen LogP contribution in [0.25, 0.3) is 0 Å². The minimum atomic E-state index is -0.391. The van der Waals surface area contributed by atoms with E-state index in [2.05, 4.69) is 10.3 Å². The molecular formula is C19H19N3O2. The van der Waals surface area contributed by atoms with Gasteiger partial charge < -0.3 is 10.2 Å². The van der Waals surface area contributed by atoms with Gasteiger partial charge in [-0.15, -0.1) is 0 Å². The van der Waals surface area contributed by atoms with Crippen LogP contribution >= 0.6 is 0 Å². The van der Waals surface area contributed by atoms with Crippen LogP contribution in [0.3, 0.4) is 0 Å². The van der Waals surface area contributed by atoms with Crippen molar-refractivity contribution < 1.29 is 9.59 Å². The van der Waals surface area contributed by atoms with Gasteiger partial charge in [0.05, 0.1) is 12.0 Å². The molecule has 2 aromatic rings. The zero-order valence-corrected chi connectivity index (χ0v) is 13.3. The minimum absolute atomic E-state index is 0.0524. The maximum atomic E-state index is 13.2. The Labute approximate surface area is 140 Å². The zero-order chi connectivity index (χ0) is 16.5. The second-order valence-corrected chi connectivity index (χ2v) is 6.36. The van der Waals surface area contributed by atoms with Crippen LogP contribution in [-0.4, -0.2) is 28.2 Å². The number of hydrogen-bond donors (Lipinski definition) is 1. The van der Waals surface area contributed by atoms with Crippen molar-refractivity contribution >= 4 is 17.5 Å². The zero-order valence-electron chi connectivity index (χ0n) is 13.3. The maximum Gasteiger partial charge on any atom is 0.231 e. The molecule has 0 spiro atoms. The Morgan fingerprint density at radius 3 is 2.79 bits per heavy atom. The molecule has 2 aliphatic rings. The highest BCUT2D eigenvalue weighted by molar-refractivity contribution is 6.01. The van der Waals surface area contributed by atoms with E-state index in [1.54, 1.807) is 12.4 Å². The Bertz CT molecular complexity index is 775. The van der Waals surface area contributed by atoms with E-state index in [0.717, 1.165) is 36.2 Å². The van der Waals surface area contributed by atoms with Crippen LogP contribution < -0.4 is 5.32 Å². The van der Waals surface area contributed by atoms with Crippen molar-refractivity contribution in [3.63, 3.8) is 0 Å². The fourth-order valence-electron chi connectivity index (χ4n) is 3.79. The number of pyridine rings is 1. The second kappa shape index (κ2) is 6.07. The predicted molar refractivity (Wildman–Crippen MR) is 90.4 cm³/mol. The monoisotopic (exact) mass is 321 g/mol. The molecule has 2 aliphatic heterocycles. The average molecular weight is 321 g/mol. The van der Waals surface area contributed by atoms with Gasteiger partial charge in [-0.05, 0) is 42.2 Å². The number of para-hydroxylation sites is 1. The van der Waals surface area contributed by atoms with Gasteiger partial charge >= 0.3 is 0 Å². The summed E-state index contributed by atoms with van der Waals surface area (Å²) in [6, 6.07) is 11.6. The van der Waals surface area contributed by atoms with Crippen molar-refractivity contribution in [3.8, 4) is 0 Å². The summed E-state index contributed by atoms with van der Waals surface area (Å²) in [5.74, 6) is -0.430. The quantitative estimate of drug-likeness (QED) is 0.925. The Morgan fingerprint density at radius 1 is 1.17 bits per heavy atom. The number of likely N-dealkylation sites (tertiary alicyclic amines) is 1. The van der Waals surface area contributed by atoms with E-state index in [9.17, 15) is 9.59 Å². The van der Waals surface area contributed by atoms with Crippen LogP contribution in [-0.2, 0) is 9.59 Å². The molecule has 1 aromatic heterocycles. The van der Waals surface area contributed by atoms with Crippen molar-refractivity contribution in [1.29, 1.82) is 0 Å². The summed E-state index contributed by atoms with van der Waals surface area (Å²) in [5, 5.41) is 2.86. The average Bonchev–Trinajstić information content (AvgIpc) is 3.11. The lowest BCUT2D eigenvalue weighted by Gasteiger charge is -2.32. The highest BCUT2D eigenvalue weighted by Gasteiger charge is 2.38. The van der Waals surface area contributed by atoms with Gasteiger partial charge in [0.1, 0.15) is 0 Å². The van der Waals surface area contributed by atoms with Gasteiger partial charge in [0, 0.05) is 31.0 Å². The molecule has 1 fully saturated rings. The third-order valence-corrected chi connectivity index (χ3v) is 4.92. The molecule has 24 heavy (non-hydrogen) atoms. The number of amides is 2. The summed E-state index contributed by atoms with van der Waals surface area (Å²) < 4.78 is 0. The molecule has 0 bridgehead atoms. The fourth-order valence-corrected chi connectivity index (χ4v) is 3.79. The molecule has 5 heteroatoms. The van der Waals surface area contributed by atoms with E-state index < -0.39 is 5.92 Å². The van der Waals surface area contributed by atoms with Gasteiger partial charge in [0.25, 0.3) is 0 Å². The van der Waals surface area contributed by atoms with Crippen LogP contribution in [0.4, 0.5) is 5.69 Å². The van der Waals surface area contributed by atoms with E-state index in [1.807, 2.05) is 41.3 Å². The Hall–Kier alpha value is -2.69. The molecule has 1 saturated heterocycles. The summed E-state index contributed by atoms with van der Waals surface area (Å²) in [7, 11) is 0. The van der Waals surface area contributed by atoms with Gasteiger partial charge in [-0.2, -0.15) is 0 Å². The predicted octanol–water partition coefficient (Wildman–Crippen LogP) is 2.87. The number of carbonyl (C=O) groups is 2. The third kappa shape index (κ3) is 2.56. The Kier molecular flexibility index (Phi) is 3.76. The van der Waals surface area contributed by atoms with Crippen LogP contribution in [0.5, 0.6) is 0 Å². The topological polar surface area (TPSA) is 62.3 Å². The van der Waals surface area contributed by atoms with Gasteiger partial charge in [0.15, 0.2) is 0 Å². The Balaban J connectivity index is 1.65. The molecular weight excluding hydrogens is 302 g/mol. The first-order valence-corrected chi connectivity index (χ1v) is 8.33. The molecule has 3 heterocycles. The largest absolute Gasteiger partial charge is 0.335 e. The summed E-state index contributed by atoms with van der Waals surface area (Å²) in [6.45, 7) is 0.742. The van der Waals surface area contributed by atoms with Gasteiger partial charge in [-0.25, -0.2) is 0 Å². The van der Waals surface area contributed by atoms with Crippen LogP contribution in [0.15, 0.2) is 48.8 Å². The van der Waals surface area contributed by atoms with Gasteiger partial charge in [0.2, 0.25) is 11.8 Å². The number of nitrogens with one attached hydrogen (secondary N) is 1.